The average Bonchev–Trinajstić information content (AvgIpc) is 3.38. The molecule has 1 heterocycles. The molecule has 0 aliphatic heterocycles. The number of tetrazole rings is 1. The Kier molecular flexibility index (Phi) is 7.59. The van der Waals surface area contributed by atoms with Gasteiger partial charge in [0.2, 0.25) is 11.8 Å². The Hall–Kier alpha value is -1.99. The molecule has 2 fully saturated rings. The van der Waals surface area contributed by atoms with Gasteiger partial charge in [-0.15, -0.1) is 10.2 Å². The van der Waals surface area contributed by atoms with Crippen LogP contribution >= 0.6 is 0 Å². The lowest BCUT2D eigenvalue weighted by molar-refractivity contribution is -0.126. The number of aromatic nitrogens is 4. The lowest BCUT2D eigenvalue weighted by Gasteiger charge is -2.28. The van der Waals surface area contributed by atoms with Crippen LogP contribution in [0.1, 0.15) is 76.5 Å². The standard InChI is InChI=1S/C19H32N6O2/c26-18(12-7-14-4-1-2-5-14)21-16-10-8-15(9-11-16)19(27)20-13-3-6-17-22-24-25-23-17/h14-16H,1-13H2,(H,20,27)(H,21,26)(H,22,23,24,25). The van der Waals surface area contributed by atoms with Gasteiger partial charge in [0.1, 0.15) is 0 Å². The van der Waals surface area contributed by atoms with E-state index in [0.29, 0.717) is 25.2 Å². The molecule has 0 radical (unpaired) electrons. The summed E-state index contributed by atoms with van der Waals surface area (Å²) in [5.74, 6) is 1.83. The second kappa shape index (κ2) is 10.4. The van der Waals surface area contributed by atoms with E-state index in [4.69, 9.17) is 0 Å². The van der Waals surface area contributed by atoms with Gasteiger partial charge in [-0.1, -0.05) is 30.9 Å². The molecule has 3 rings (SSSR count). The molecule has 150 valence electrons. The third-order valence-electron chi connectivity index (χ3n) is 5.98. The van der Waals surface area contributed by atoms with Crippen molar-refractivity contribution in [2.45, 2.75) is 83.1 Å². The van der Waals surface area contributed by atoms with Gasteiger partial charge < -0.3 is 10.6 Å². The van der Waals surface area contributed by atoms with E-state index in [2.05, 4.69) is 31.3 Å². The lowest BCUT2D eigenvalue weighted by Crippen LogP contribution is -2.41. The summed E-state index contributed by atoms with van der Waals surface area (Å²) in [7, 11) is 0. The van der Waals surface area contributed by atoms with Crippen LogP contribution in [-0.2, 0) is 16.0 Å². The molecule has 0 aromatic carbocycles. The van der Waals surface area contributed by atoms with Crippen molar-refractivity contribution in [1.82, 2.24) is 31.3 Å². The second-order valence-corrected chi connectivity index (χ2v) is 8.03. The summed E-state index contributed by atoms with van der Waals surface area (Å²) in [5.41, 5.74) is 0. The molecule has 1 aromatic heterocycles. The Morgan fingerprint density at radius 1 is 1.07 bits per heavy atom. The summed E-state index contributed by atoms with van der Waals surface area (Å²) in [4.78, 5) is 24.4. The zero-order chi connectivity index (χ0) is 18.9. The molecule has 0 spiro atoms. The van der Waals surface area contributed by atoms with Crippen molar-refractivity contribution in [2.24, 2.45) is 11.8 Å². The van der Waals surface area contributed by atoms with E-state index in [0.717, 1.165) is 44.4 Å². The fourth-order valence-corrected chi connectivity index (χ4v) is 4.32. The number of H-pyrrole nitrogens is 1. The predicted octanol–water partition coefficient (Wildman–Crippen LogP) is 1.89. The van der Waals surface area contributed by atoms with Crippen LogP contribution in [0, 0.1) is 11.8 Å². The van der Waals surface area contributed by atoms with Gasteiger partial charge in [0.15, 0.2) is 5.82 Å². The second-order valence-electron chi connectivity index (χ2n) is 8.03. The Morgan fingerprint density at radius 2 is 1.85 bits per heavy atom. The molecule has 0 atom stereocenters. The van der Waals surface area contributed by atoms with Crippen molar-refractivity contribution in [1.29, 1.82) is 0 Å². The first-order valence-corrected chi connectivity index (χ1v) is 10.5. The highest BCUT2D eigenvalue weighted by Gasteiger charge is 2.27. The number of hydrogen-bond acceptors (Lipinski definition) is 5. The minimum atomic E-state index is 0.0711. The molecule has 2 aliphatic carbocycles. The molecule has 8 nitrogen and oxygen atoms in total. The van der Waals surface area contributed by atoms with Crippen molar-refractivity contribution >= 4 is 11.8 Å². The predicted molar refractivity (Wildman–Crippen MR) is 101 cm³/mol. The van der Waals surface area contributed by atoms with E-state index in [-0.39, 0.29) is 23.8 Å². The summed E-state index contributed by atoms with van der Waals surface area (Å²) in [6.07, 6.45) is 11.9. The topological polar surface area (TPSA) is 113 Å². The molecule has 8 heteroatoms. The van der Waals surface area contributed by atoms with Crippen molar-refractivity contribution in [3.05, 3.63) is 5.82 Å². The Balaban J connectivity index is 1.25. The third-order valence-corrected chi connectivity index (χ3v) is 5.98. The van der Waals surface area contributed by atoms with Gasteiger partial charge in [-0.25, -0.2) is 0 Å². The first kappa shape index (κ1) is 19.8. The maximum Gasteiger partial charge on any atom is 0.223 e. The van der Waals surface area contributed by atoms with Gasteiger partial charge in [-0.05, 0) is 44.4 Å². The lowest BCUT2D eigenvalue weighted by atomic mass is 9.85. The van der Waals surface area contributed by atoms with Gasteiger partial charge in [-0.2, -0.15) is 5.21 Å². The van der Waals surface area contributed by atoms with Crippen LogP contribution in [0.15, 0.2) is 0 Å². The van der Waals surface area contributed by atoms with Crippen LogP contribution in [0.4, 0.5) is 0 Å². The van der Waals surface area contributed by atoms with Crippen molar-refractivity contribution in [3.63, 3.8) is 0 Å². The SMILES string of the molecule is O=C(CCC1CCCC1)NC1CCC(C(=O)NCCCc2nn[nH]n2)CC1. The van der Waals surface area contributed by atoms with Crippen LogP contribution in [0.2, 0.25) is 0 Å². The number of nitrogens with one attached hydrogen (secondary N) is 3. The van der Waals surface area contributed by atoms with Gasteiger partial charge in [0.05, 0.1) is 0 Å². The molecule has 1 aromatic rings. The number of amides is 2. The highest BCUT2D eigenvalue weighted by atomic mass is 16.2. The largest absolute Gasteiger partial charge is 0.356 e. The number of nitrogens with zero attached hydrogens (tertiary/aromatic N) is 3. The summed E-state index contributed by atoms with van der Waals surface area (Å²) < 4.78 is 0. The van der Waals surface area contributed by atoms with E-state index < -0.39 is 0 Å². The minimum absolute atomic E-state index is 0.0711. The third kappa shape index (κ3) is 6.59. The van der Waals surface area contributed by atoms with Gasteiger partial charge in [0, 0.05) is 31.3 Å². The van der Waals surface area contributed by atoms with Gasteiger partial charge >= 0.3 is 0 Å². The molecule has 0 unspecified atom stereocenters. The normalized spacial score (nSPS) is 23.3. The van der Waals surface area contributed by atoms with Crippen molar-refractivity contribution in [3.8, 4) is 0 Å². The van der Waals surface area contributed by atoms with Crippen molar-refractivity contribution < 1.29 is 9.59 Å². The Morgan fingerprint density at radius 3 is 2.56 bits per heavy atom. The Bertz CT molecular complexity index is 577. The molecule has 2 saturated carbocycles. The maximum atomic E-state index is 12.3. The summed E-state index contributed by atoms with van der Waals surface area (Å²) >= 11 is 0. The number of carbonyl (C=O) groups is 2. The molecular weight excluding hydrogens is 344 g/mol. The molecule has 2 aliphatic rings. The van der Waals surface area contributed by atoms with Crippen LogP contribution in [0.5, 0.6) is 0 Å². The van der Waals surface area contributed by atoms with Crippen LogP contribution in [0.25, 0.3) is 0 Å². The van der Waals surface area contributed by atoms with E-state index >= 15 is 0 Å². The number of aromatic amines is 1. The molecular formula is C19H32N6O2. The molecule has 2 amide bonds. The minimum Gasteiger partial charge on any atom is -0.356 e. The van der Waals surface area contributed by atoms with E-state index in [1.807, 2.05) is 0 Å². The highest BCUT2D eigenvalue weighted by Crippen LogP contribution is 2.29. The quantitative estimate of drug-likeness (QED) is 0.570. The van der Waals surface area contributed by atoms with Crippen LogP contribution < -0.4 is 10.6 Å². The fraction of sp³-hybridized carbons (Fsp3) is 0.842. The summed E-state index contributed by atoms with van der Waals surface area (Å²) in [5, 5.41) is 19.9. The number of carbonyl (C=O) groups excluding carboxylic acids is 2. The zero-order valence-corrected chi connectivity index (χ0v) is 16.1. The van der Waals surface area contributed by atoms with Gasteiger partial charge in [0.25, 0.3) is 0 Å². The maximum absolute atomic E-state index is 12.3. The summed E-state index contributed by atoms with van der Waals surface area (Å²) in [6, 6.07) is 0.239. The number of hydrogen-bond donors (Lipinski definition) is 3. The number of aryl methyl sites for hydroxylation is 1. The fourth-order valence-electron chi connectivity index (χ4n) is 4.32. The summed E-state index contributed by atoms with van der Waals surface area (Å²) in [6.45, 7) is 0.630. The van der Waals surface area contributed by atoms with Crippen LogP contribution in [0.3, 0.4) is 0 Å². The zero-order valence-electron chi connectivity index (χ0n) is 16.1. The first-order valence-electron chi connectivity index (χ1n) is 10.5. The molecule has 27 heavy (non-hydrogen) atoms. The smallest absolute Gasteiger partial charge is 0.223 e. The molecule has 3 N–H and O–H groups in total. The van der Waals surface area contributed by atoms with Gasteiger partial charge in [-0.3, -0.25) is 9.59 Å². The monoisotopic (exact) mass is 376 g/mol. The van der Waals surface area contributed by atoms with E-state index in [1.165, 1.54) is 25.7 Å². The van der Waals surface area contributed by atoms with Crippen LogP contribution in [-0.4, -0.2) is 45.0 Å². The Labute approximate surface area is 160 Å². The molecule has 0 saturated heterocycles. The van der Waals surface area contributed by atoms with Crippen molar-refractivity contribution in [2.75, 3.05) is 6.54 Å². The van der Waals surface area contributed by atoms with E-state index in [1.54, 1.807) is 0 Å². The highest BCUT2D eigenvalue weighted by molar-refractivity contribution is 5.79. The molecule has 0 bridgehead atoms. The number of rotatable bonds is 9. The van der Waals surface area contributed by atoms with E-state index in [9.17, 15) is 9.59 Å². The average molecular weight is 377 g/mol. The first-order chi connectivity index (χ1) is 13.2.